The number of rotatable bonds is 6. The largest absolute Gasteiger partial charge is 0.458 e. The zero-order chi connectivity index (χ0) is 25.9. The van der Waals surface area contributed by atoms with Crippen molar-refractivity contribution in [3.8, 4) is 34.2 Å². The van der Waals surface area contributed by atoms with Crippen molar-refractivity contribution in [2.45, 2.75) is 38.8 Å². The number of fused-ring (bicyclic) bond motifs is 1. The van der Waals surface area contributed by atoms with Gasteiger partial charge >= 0.3 is 6.18 Å². The maximum Gasteiger partial charge on any atom is 0.458 e. The minimum Gasteiger partial charge on any atom is -0.256 e. The highest BCUT2D eigenvalue weighted by molar-refractivity contribution is 5.90. The molecule has 36 heavy (non-hydrogen) atoms. The number of benzene rings is 3. The molecule has 0 atom stereocenters. The van der Waals surface area contributed by atoms with E-state index in [2.05, 4.69) is 11.9 Å². The molecule has 0 unspecified atom stereocenters. The Labute approximate surface area is 204 Å². The predicted molar refractivity (Wildman–Crippen MR) is 129 cm³/mol. The molecule has 0 aliphatic carbocycles. The van der Waals surface area contributed by atoms with Crippen molar-refractivity contribution >= 4 is 10.8 Å². The molecule has 0 N–H and O–H groups in total. The third-order valence-corrected chi connectivity index (χ3v) is 5.82. The molecule has 0 amide bonds. The molecule has 4 rings (SSSR count). The maximum atomic E-state index is 14.8. The van der Waals surface area contributed by atoms with Gasteiger partial charge in [0.15, 0.2) is 5.82 Å². The fourth-order valence-corrected chi connectivity index (χ4v) is 3.98. The van der Waals surface area contributed by atoms with Gasteiger partial charge in [-0.3, -0.25) is 4.98 Å². The Morgan fingerprint density at radius 1 is 0.806 bits per heavy atom. The molecule has 0 aliphatic rings. The van der Waals surface area contributed by atoms with E-state index < -0.39 is 34.6 Å². The minimum atomic E-state index is -4.94. The number of halogens is 6. The van der Waals surface area contributed by atoms with Gasteiger partial charge in [0.05, 0.1) is 16.6 Å². The molecule has 0 radical (unpaired) electrons. The highest BCUT2D eigenvalue weighted by Crippen LogP contribution is 2.32. The van der Waals surface area contributed by atoms with Crippen LogP contribution in [-0.4, -0.2) is 11.2 Å². The molecule has 4 aromatic rings. The number of hydrogen-bond donors (Lipinski definition) is 0. The van der Waals surface area contributed by atoms with Crippen LogP contribution in [0.5, 0.6) is 0 Å². The second-order valence-electron chi connectivity index (χ2n) is 8.44. The number of aromatic nitrogens is 1. The monoisotopic (exact) mass is 497 g/mol. The highest BCUT2D eigenvalue weighted by atomic mass is 19.4. The third-order valence-electron chi connectivity index (χ3n) is 5.82. The molecular formula is C29H21F6N. The number of nitrogens with zero attached hydrogens (tertiary/aromatic N) is 1. The average molecular weight is 497 g/mol. The summed E-state index contributed by atoms with van der Waals surface area (Å²) >= 11 is 0. The first-order valence-electron chi connectivity index (χ1n) is 11.4. The van der Waals surface area contributed by atoms with Crippen molar-refractivity contribution in [1.82, 2.24) is 4.98 Å². The van der Waals surface area contributed by atoms with Gasteiger partial charge in [-0.15, -0.1) is 0 Å². The molecule has 0 aliphatic heterocycles. The van der Waals surface area contributed by atoms with Crippen LogP contribution >= 0.6 is 0 Å². The molecular weight excluding hydrogens is 476 g/mol. The first-order valence-corrected chi connectivity index (χ1v) is 11.4. The Morgan fingerprint density at radius 3 is 2.17 bits per heavy atom. The average Bonchev–Trinajstić information content (AvgIpc) is 2.83. The zero-order valence-electron chi connectivity index (χ0n) is 19.3. The summed E-state index contributed by atoms with van der Waals surface area (Å²) in [6.45, 7) is 2.15. The third kappa shape index (κ3) is 5.71. The summed E-state index contributed by atoms with van der Waals surface area (Å²) in [5.74, 6) is -1.55. The summed E-state index contributed by atoms with van der Waals surface area (Å²) in [6.07, 6.45) is 1.34. The van der Waals surface area contributed by atoms with E-state index in [9.17, 15) is 26.3 Å². The number of pyridine rings is 1. The van der Waals surface area contributed by atoms with Gasteiger partial charge < -0.3 is 0 Å². The van der Waals surface area contributed by atoms with Gasteiger partial charge in [-0.05, 0) is 59.2 Å². The first-order chi connectivity index (χ1) is 17.2. The number of aryl methyl sites for hydroxylation is 1. The minimum absolute atomic E-state index is 0.123. The molecule has 0 fully saturated rings. The summed E-state index contributed by atoms with van der Waals surface area (Å²) in [5, 5.41) is -0.742. The molecule has 1 heterocycles. The molecule has 0 bridgehead atoms. The Kier molecular flexibility index (Phi) is 7.35. The molecule has 1 aromatic heterocycles. The number of unbranched alkanes of at least 4 members (excludes halogenated alkanes) is 2. The number of hydrogen-bond acceptors (Lipinski definition) is 1. The van der Waals surface area contributed by atoms with Crippen LogP contribution in [0, 0.1) is 29.3 Å². The molecule has 0 saturated carbocycles. The lowest BCUT2D eigenvalue weighted by Crippen LogP contribution is -2.03. The molecule has 3 aromatic carbocycles. The van der Waals surface area contributed by atoms with Crippen molar-refractivity contribution in [3.05, 3.63) is 89.4 Å². The standard InChI is InChI=1S/C29H21F6N/c1-2-3-4-5-18-6-11-26(36-17-18)20-9-7-19(8-10-20)21-14-22-16-24(30)23(12-13-29(33,34)35)28(32)27(22)25(31)15-21/h6-11,14-17H,2-5H2,1H3. The molecule has 184 valence electrons. The van der Waals surface area contributed by atoms with Crippen LogP contribution in [0.2, 0.25) is 0 Å². The molecule has 1 nitrogen and oxygen atoms in total. The smallest absolute Gasteiger partial charge is 0.256 e. The van der Waals surface area contributed by atoms with E-state index >= 15 is 0 Å². The Hall–Kier alpha value is -3.79. The van der Waals surface area contributed by atoms with Crippen LogP contribution in [0.1, 0.15) is 37.3 Å². The van der Waals surface area contributed by atoms with Gasteiger partial charge in [0, 0.05) is 17.7 Å². The fourth-order valence-electron chi connectivity index (χ4n) is 3.98. The van der Waals surface area contributed by atoms with Crippen LogP contribution in [0.25, 0.3) is 33.2 Å². The van der Waals surface area contributed by atoms with E-state index in [4.69, 9.17) is 0 Å². The van der Waals surface area contributed by atoms with E-state index in [0.29, 0.717) is 11.1 Å². The SMILES string of the molecule is CCCCCc1ccc(-c2ccc(-c3cc(F)c4c(F)c(C#CC(F)(F)F)c(F)cc4c3)cc2)nc1. The molecule has 0 saturated heterocycles. The molecule has 7 heteroatoms. The quantitative estimate of drug-likeness (QED) is 0.148. The van der Waals surface area contributed by atoms with Crippen LogP contribution in [0.4, 0.5) is 26.3 Å². The zero-order valence-corrected chi connectivity index (χ0v) is 19.3. The maximum absolute atomic E-state index is 14.8. The van der Waals surface area contributed by atoms with Gasteiger partial charge in [0.25, 0.3) is 0 Å². The van der Waals surface area contributed by atoms with Crippen LogP contribution < -0.4 is 0 Å². The second-order valence-corrected chi connectivity index (χ2v) is 8.44. The van der Waals surface area contributed by atoms with E-state index in [1.54, 1.807) is 12.1 Å². The summed E-state index contributed by atoms with van der Waals surface area (Å²) in [7, 11) is 0. The van der Waals surface area contributed by atoms with Crippen molar-refractivity contribution in [2.24, 2.45) is 0 Å². The van der Waals surface area contributed by atoms with Crippen LogP contribution in [0.3, 0.4) is 0 Å². The first kappa shape index (κ1) is 25.3. The van der Waals surface area contributed by atoms with E-state index in [-0.39, 0.29) is 5.39 Å². The van der Waals surface area contributed by atoms with E-state index in [1.807, 2.05) is 30.5 Å². The summed E-state index contributed by atoms with van der Waals surface area (Å²) < 4.78 is 80.9. The topological polar surface area (TPSA) is 12.9 Å². The van der Waals surface area contributed by atoms with Crippen molar-refractivity contribution in [1.29, 1.82) is 0 Å². The van der Waals surface area contributed by atoms with Crippen LogP contribution in [0.15, 0.2) is 60.8 Å². The van der Waals surface area contributed by atoms with E-state index in [0.717, 1.165) is 48.6 Å². The van der Waals surface area contributed by atoms with Gasteiger partial charge in [0.2, 0.25) is 0 Å². The highest BCUT2D eigenvalue weighted by Gasteiger charge is 2.24. The lowest BCUT2D eigenvalue weighted by Gasteiger charge is -2.10. The van der Waals surface area contributed by atoms with Gasteiger partial charge in [-0.1, -0.05) is 56.0 Å². The fraction of sp³-hybridized carbons (Fsp3) is 0.207. The van der Waals surface area contributed by atoms with Crippen molar-refractivity contribution < 1.29 is 26.3 Å². The molecule has 0 spiro atoms. The Bertz CT molecular complexity index is 1440. The number of alkyl halides is 3. The second kappa shape index (κ2) is 10.4. The summed E-state index contributed by atoms with van der Waals surface area (Å²) in [6, 6.07) is 14.3. The van der Waals surface area contributed by atoms with Gasteiger partial charge in [0.1, 0.15) is 11.6 Å². The Morgan fingerprint density at radius 2 is 1.53 bits per heavy atom. The summed E-state index contributed by atoms with van der Waals surface area (Å²) in [4.78, 5) is 4.52. The summed E-state index contributed by atoms with van der Waals surface area (Å²) in [5.41, 5.74) is 2.63. The van der Waals surface area contributed by atoms with Gasteiger partial charge in [-0.25, -0.2) is 13.2 Å². The normalized spacial score (nSPS) is 11.4. The van der Waals surface area contributed by atoms with E-state index in [1.165, 1.54) is 24.0 Å². The van der Waals surface area contributed by atoms with Crippen molar-refractivity contribution in [3.63, 3.8) is 0 Å². The van der Waals surface area contributed by atoms with Crippen LogP contribution in [-0.2, 0) is 6.42 Å². The lowest BCUT2D eigenvalue weighted by molar-refractivity contribution is -0.0696. The lowest BCUT2D eigenvalue weighted by atomic mass is 9.97. The van der Waals surface area contributed by atoms with Gasteiger partial charge in [-0.2, -0.15) is 13.2 Å². The Balaban J connectivity index is 1.63. The van der Waals surface area contributed by atoms with Crippen molar-refractivity contribution in [2.75, 3.05) is 0 Å². The predicted octanol–water partition coefficient (Wildman–Crippen LogP) is 8.63.